The minimum Gasteiger partial charge on any atom is -0.339 e. The molecule has 2 amide bonds. The molecule has 1 saturated heterocycles. The normalized spacial score (nSPS) is 20.2. The van der Waals surface area contributed by atoms with Gasteiger partial charge in [-0.3, -0.25) is 19.7 Å². The maximum absolute atomic E-state index is 12.8. The van der Waals surface area contributed by atoms with Gasteiger partial charge >= 0.3 is 0 Å². The van der Waals surface area contributed by atoms with Gasteiger partial charge in [-0.1, -0.05) is 0 Å². The number of fused-ring (bicyclic) bond motifs is 1. The first-order valence-corrected chi connectivity index (χ1v) is 8.82. The first-order chi connectivity index (χ1) is 12.2. The van der Waals surface area contributed by atoms with E-state index >= 15 is 0 Å². The van der Waals surface area contributed by atoms with Gasteiger partial charge < -0.3 is 10.2 Å². The van der Waals surface area contributed by atoms with E-state index in [2.05, 4.69) is 20.5 Å². The van der Waals surface area contributed by atoms with Crippen molar-refractivity contribution < 1.29 is 9.59 Å². The Labute approximate surface area is 145 Å². The average molecular weight is 339 g/mol. The molecule has 25 heavy (non-hydrogen) atoms. The molecular formula is C18H21N5O2. The molecule has 7 nitrogen and oxygen atoms in total. The third kappa shape index (κ3) is 3.01. The van der Waals surface area contributed by atoms with E-state index in [0.29, 0.717) is 18.7 Å². The minimum atomic E-state index is -0.516. The van der Waals surface area contributed by atoms with Crippen molar-refractivity contribution in [2.75, 3.05) is 11.4 Å². The van der Waals surface area contributed by atoms with E-state index in [1.54, 1.807) is 23.4 Å². The van der Waals surface area contributed by atoms with Crippen LogP contribution in [-0.2, 0) is 17.6 Å². The molecule has 1 aliphatic heterocycles. The fourth-order valence-corrected chi connectivity index (χ4v) is 3.67. The predicted octanol–water partition coefficient (Wildman–Crippen LogP) is 1.61. The zero-order valence-corrected chi connectivity index (χ0v) is 14.0. The smallest absolute Gasteiger partial charge is 0.272 e. The molecule has 0 aromatic carbocycles. The summed E-state index contributed by atoms with van der Waals surface area (Å²) >= 11 is 0. The Bertz CT molecular complexity index is 786. The SMILES string of the molecule is O=C(NC1CCCN(c2cccnc2)C1=O)c1n[nH]c2c1CCCC2. The predicted molar refractivity (Wildman–Crippen MR) is 92.3 cm³/mol. The number of piperidine rings is 1. The summed E-state index contributed by atoms with van der Waals surface area (Å²) in [5, 5.41) is 10.1. The number of aryl methyl sites for hydroxylation is 1. The fraction of sp³-hybridized carbons (Fsp3) is 0.444. The Morgan fingerprint density at radius 1 is 1.28 bits per heavy atom. The van der Waals surface area contributed by atoms with Crippen molar-refractivity contribution in [1.29, 1.82) is 0 Å². The molecule has 0 radical (unpaired) electrons. The Morgan fingerprint density at radius 3 is 3.00 bits per heavy atom. The Hall–Kier alpha value is -2.70. The highest BCUT2D eigenvalue weighted by atomic mass is 16.2. The van der Waals surface area contributed by atoms with Gasteiger partial charge in [0.15, 0.2) is 5.69 Å². The number of pyridine rings is 1. The molecule has 1 unspecified atom stereocenters. The molecule has 2 aromatic rings. The van der Waals surface area contributed by atoms with E-state index in [1.165, 1.54) is 0 Å². The van der Waals surface area contributed by atoms with E-state index < -0.39 is 6.04 Å². The van der Waals surface area contributed by atoms with Crippen LogP contribution >= 0.6 is 0 Å². The van der Waals surface area contributed by atoms with Gasteiger partial charge in [-0.15, -0.1) is 0 Å². The number of H-pyrrole nitrogens is 1. The van der Waals surface area contributed by atoms with Crippen LogP contribution in [0.25, 0.3) is 0 Å². The van der Waals surface area contributed by atoms with Crippen molar-refractivity contribution in [3.8, 4) is 0 Å². The highest BCUT2D eigenvalue weighted by Crippen LogP contribution is 2.23. The van der Waals surface area contributed by atoms with E-state index in [-0.39, 0.29) is 11.8 Å². The van der Waals surface area contributed by atoms with Gasteiger partial charge in [0, 0.05) is 24.0 Å². The van der Waals surface area contributed by atoms with E-state index in [0.717, 1.165) is 49.0 Å². The van der Waals surface area contributed by atoms with Gasteiger partial charge in [0.1, 0.15) is 6.04 Å². The van der Waals surface area contributed by atoms with Crippen molar-refractivity contribution in [3.63, 3.8) is 0 Å². The average Bonchev–Trinajstić information content (AvgIpc) is 3.08. The molecule has 4 rings (SSSR count). The lowest BCUT2D eigenvalue weighted by Gasteiger charge is -2.32. The second kappa shape index (κ2) is 6.66. The van der Waals surface area contributed by atoms with Gasteiger partial charge in [0.2, 0.25) is 5.91 Å². The number of anilines is 1. The number of hydrogen-bond acceptors (Lipinski definition) is 4. The molecule has 7 heteroatoms. The maximum Gasteiger partial charge on any atom is 0.272 e. The fourth-order valence-electron chi connectivity index (χ4n) is 3.67. The standard InChI is InChI=1S/C18H21N5O2/c24-17(16-13-6-1-2-7-14(13)21-22-16)20-15-8-4-10-23(18(15)25)12-5-3-9-19-11-12/h3,5,9,11,15H,1-2,4,6-8,10H2,(H,20,24)(H,21,22). The van der Waals surface area contributed by atoms with Crippen molar-refractivity contribution >= 4 is 17.5 Å². The molecule has 1 aliphatic carbocycles. The Morgan fingerprint density at radius 2 is 2.16 bits per heavy atom. The van der Waals surface area contributed by atoms with Crippen LogP contribution in [0.4, 0.5) is 5.69 Å². The lowest BCUT2D eigenvalue weighted by atomic mass is 9.95. The van der Waals surface area contributed by atoms with Crippen LogP contribution in [0, 0.1) is 0 Å². The molecule has 1 fully saturated rings. The summed E-state index contributed by atoms with van der Waals surface area (Å²) in [5.41, 5.74) is 3.28. The summed E-state index contributed by atoms with van der Waals surface area (Å²) in [6, 6.07) is 3.15. The van der Waals surface area contributed by atoms with Crippen LogP contribution < -0.4 is 10.2 Å². The first kappa shape index (κ1) is 15.8. The van der Waals surface area contributed by atoms with Gasteiger partial charge in [-0.25, -0.2) is 0 Å². The second-order valence-electron chi connectivity index (χ2n) is 6.61. The summed E-state index contributed by atoms with van der Waals surface area (Å²) in [4.78, 5) is 31.2. The third-order valence-corrected chi connectivity index (χ3v) is 4.97. The minimum absolute atomic E-state index is 0.0861. The highest BCUT2D eigenvalue weighted by Gasteiger charge is 2.32. The van der Waals surface area contributed by atoms with Crippen LogP contribution in [0.1, 0.15) is 47.4 Å². The maximum atomic E-state index is 12.8. The number of nitrogens with one attached hydrogen (secondary N) is 2. The third-order valence-electron chi connectivity index (χ3n) is 4.97. The lowest BCUT2D eigenvalue weighted by molar-refractivity contribution is -0.121. The highest BCUT2D eigenvalue weighted by molar-refractivity contribution is 6.02. The molecule has 130 valence electrons. The molecule has 2 aliphatic rings. The van der Waals surface area contributed by atoms with Crippen molar-refractivity contribution in [3.05, 3.63) is 41.5 Å². The molecule has 2 aromatic heterocycles. The van der Waals surface area contributed by atoms with Crippen molar-refractivity contribution in [2.24, 2.45) is 0 Å². The Kier molecular flexibility index (Phi) is 4.21. The monoisotopic (exact) mass is 339 g/mol. The van der Waals surface area contributed by atoms with Gasteiger partial charge in [-0.05, 0) is 50.7 Å². The molecular weight excluding hydrogens is 318 g/mol. The number of amides is 2. The number of hydrogen-bond donors (Lipinski definition) is 2. The van der Waals surface area contributed by atoms with E-state index in [4.69, 9.17) is 0 Å². The van der Waals surface area contributed by atoms with Crippen LogP contribution in [0.5, 0.6) is 0 Å². The molecule has 0 saturated carbocycles. The van der Waals surface area contributed by atoms with Gasteiger partial charge in [0.05, 0.1) is 11.9 Å². The summed E-state index contributed by atoms with van der Waals surface area (Å²) in [6.07, 6.45) is 8.84. The number of nitrogens with zero attached hydrogens (tertiary/aromatic N) is 3. The molecule has 0 bridgehead atoms. The largest absolute Gasteiger partial charge is 0.339 e. The van der Waals surface area contributed by atoms with Crippen molar-refractivity contribution in [1.82, 2.24) is 20.5 Å². The summed E-state index contributed by atoms with van der Waals surface area (Å²) < 4.78 is 0. The number of rotatable bonds is 3. The van der Waals surface area contributed by atoms with E-state index in [1.807, 2.05) is 6.07 Å². The van der Waals surface area contributed by atoms with Crippen LogP contribution in [0.15, 0.2) is 24.5 Å². The molecule has 2 N–H and O–H groups in total. The number of aromatic amines is 1. The summed E-state index contributed by atoms with van der Waals surface area (Å²) in [6.45, 7) is 0.648. The summed E-state index contributed by atoms with van der Waals surface area (Å²) in [5.74, 6) is -0.345. The summed E-state index contributed by atoms with van der Waals surface area (Å²) in [7, 11) is 0. The van der Waals surface area contributed by atoms with Gasteiger partial charge in [-0.2, -0.15) is 5.10 Å². The topological polar surface area (TPSA) is 91.0 Å². The van der Waals surface area contributed by atoms with E-state index in [9.17, 15) is 9.59 Å². The zero-order chi connectivity index (χ0) is 17.2. The number of aromatic nitrogens is 3. The van der Waals surface area contributed by atoms with Gasteiger partial charge in [0.25, 0.3) is 5.91 Å². The Balaban J connectivity index is 1.49. The van der Waals surface area contributed by atoms with Crippen LogP contribution in [0.3, 0.4) is 0 Å². The first-order valence-electron chi connectivity index (χ1n) is 8.82. The van der Waals surface area contributed by atoms with Crippen LogP contribution in [0.2, 0.25) is 0 Å². The number of carbonyl (C=O) groups excluding carboxylic acids is 2. The molecule has 0 spiro atoms. The second-order valence-corrected chi connectivity index (χ2v) is 6.61. The zero-order valence-electron chi connectivity index (χ0n) is 14.0. The molecule has 3 heterocycles. The number of carbonyl (C=O) groups is 2. The quantitative estimate of drug-likeness (QED) is 0.889. The lowest BCUT2D eigenvalue weighted by Crippen LogP contribution is -2.52. The van der Waals surface area contributed by atoms with Crippen molar-refractivity contribution in [2.45, 2.75) is 44.6 Å². The van der Waals surface area contributed by atoms with Crippen LogP contribution in [-0.4, -0.2) is 39.6 Å². The molecule has 1 atom stereocenters.